The van der Waals surface area contributed by atoms with Crippen LogP contribution in [0.5, 0.6) is 0 Å². The van der Waals surface area contributed by atoms with Crippen molar-refractivity contribution >= 4 is 17.8 Å². The van der Waals surface area contributed by atoms with Crippen LogP contribution < -0.4 is 4.90 Å². The van der Waals surface area contributed by atoms with E-state index in [4.69, 9.17) is 0 Å². The average molecular weight is 255 g/mol. The zero-order valence-electron chi connectivity index (χ0n) is 11.4. The quantitative estimate of drug-likeness (QED) is 0.774. The summed E-state index contributed by atoms with van der Waals surface area (Å²) in [6.45, 7) is 4.05. The van der Waals surface area contributed by atoms with Crippen LogP contribution in [0.25, 0.3) is 0 Å². The Hall–Kier alpha value is -2.10. The van der Waals surface area contributed by atoms with Gasteiger partial charge >= 0.3 is 0 Å². The van der Waals surface area contributed by atoms with Crippen LogP contribution in [0.3, 0.4) is 0 Å². The minimum atomic E-state index is 0.339. The van der Waals surface area contributed by atoms with Crippen molar-refractivity contribution in [1.29, 1.82) is 0 Å². The second-order valence-electron chi connectivity index (χ2n) is 5.12. The molecule has 0 spiro atoms. The zero-order chi connectivity index (χ0) is 13.6. The Morgan fingerprint density at radius 1 is 1.37 bits per heavy atom. The first-order valence-corrected chi connectivity index (χ1v) is 6.49. The predicted octanol–water partition coefficient (Wildman–Crippen LogP) is 2.62. The molecule has 4 heteroatoms. The van der Waals surface area contributed by atoms with E-state index in [0.29, 0.717) is 11.6 Å². The highest BCUT2D eigenvalue weighted by molar-refractivity contribution is 5.88. The zero-order valence-corrected chi connectivity index (χ0v) is 11.4. The van der Waals surface area contributed by atoms with Gasteiger partial charge in [-0.2, -0.15) is 5.10 Å². The van der Waals surface area contributed by atoms with Crippen molar-refractivity contribution in [1.82, 2.24) is 9.78 Å². The van der Waals surface area contributed by atoms with Crippen LogP contribution in [0.1, 0.15) is 28.5 Å². The van der Waals surface area contributed by atoms with Gasteiger partial charge in [0.15, 0.2) is 6.29 Å². The van der Waals surface area contributed by atoms with Gasteiger partial charge in [-0.15, -0.1) is 0 Å². The highest BCUT2D eigenvalue weighted by atomic mass is 16.1. The van der Waals surface area contributed by atoms with E-state index in [1.54, 1.807) is 4.68 Å². The lowest BCUT2D eigenvalue weighted by atomic mass is 10.1. The number of hydrogen-bond donors (Lipinski definition) is 0. The van der Waals surface area contributed by atoms with Crippen LogP contribution in [-0.4, -0.2) is 22.1 Å². The summed E-state index contributed by atoms with van der Waals surface area (Å²) in [6, 6.07) is 8.69. The fourth-order valence-corrected chi connectivity index (χ4v) is 2.97. The molecule has 0 radical (unpaired) electrons. The molecule has 4 nitrogen and oxygen atoms in total. The van der Waals surface area contributed by atoms with Crippen molar-refractivity contribution in [2.75, 3.05) is 4.90 Å². The second-order valence-corrected chi connectivity index (χ2v) is 5.12. The van der Waals surface area contributed by atoms with Crippen LogP contribution in [0.15, 0.2) is 24.3 Å². The van der Waals surface area contributed by atoms with Crippen LogP contribution in [-0.2, 0) is 13.5 Å². The molecule has 1 aliphatic rings. The molecule has 0 amide bonds. The molecule has 1 aromatic heterocycles. The fourth-order valence-electron chi connectivity index (χ4n) is 2.97. The molecule has 1 atom stereocenters. The standard InChI is InChI=1S/C15H17N3O/c1-10-8-12-6-4-5-7-14(12)18(10)15-13(9-19)11(2)16-17(15)3/h4-7,9-10H,8H2,1-3H3. The van der Waals surface area contributed by atoms with E-state index in [1.165, 1.54) is 11.3 Å². The van der Waals surface area contributed by atoms with Crippen LogP contribution in [0, 0.1) is 6.92 Å². The molecule has 2 heterocycles. The molecule has 1 unspecified atom stereocenters. The number of fused-ring (bicyclic) bond motifs is 1. The SMILES string of the molecule is Cc1nn(C)c(N2c3ccccc3CC2C)c1C=O. The van der Waals surface area contributed by atoms with E-state index >= 15 is 0 Å². The maximum absolute atomic E-state index is 11.4. The number of rotatable bonds is 2. The van der Waals surface area contributed by atoms with E-state index in [1.807, 2.05) is 20.0 Å². The van der Waals surface area contributed by atoms with E-state index < -0.39 is 0 Å². The average Bonchev–Trinajstić information content (AvgIpc) is 2.84. The Balaban J connectivity index is 2.20. The van der Waals surface area contributed by atoms with Gasteiger partial charge in [-0.3, -0.25) is 9.48 Å². The van der Waals surface area contributed by atoms with Crippen LogP contribution >= 0.6 is 0 Å². The largest absolute Gasteiger partial charge is 0.323 e. The third-order valence-corrected chi connectivity index (χ3v) is 3.79. The number of aldehydes is 1. The fraction of sp³-hybridized carbons (Fsp3) is 0.333. The third-order valence-electron chi connectivity index (χ3n) is 3.79. The number of aryl methyl sites for hydroxylation is 2. The summed E-state index contributed by atoms with van der Waals surface area (Å²) >= 11 is 0. The number of carbonyl (C=O) groups excluding carboxylic acids is 1. The minimum Gasteiger partial charge on any atom is -0.323 e. The monoisotopic (exact) mass is 255 g/mol. The number of para-hydroxylation sites is 1. The maximum Gasteiger partial charge on any atom is 0.155 e. The second kappa shape index (κ2) is 4.23. The van der Waals surface area contributed by atoms with Crippen molar-refractivity contribution in [3.8, 4) is 0 Å². The van der Waals surface area contributed by atoms with E-state index in [2.05, 4.69) is 35.1 Å². The number of anilines is 2. The van der Waals surface area contributed by atoms with Crippen molar-refractivity contribution in [2.24, 2.45) is 7.05 Å². The van der Waals surface area contributed by atoms with E-state index in [0.717, 1.165) is 24.2 Å². The summed E-state index contributed by atoms with van der Waals surface area (Å²) in [5, 5.41) is 4.38. The normalized spacial score (nSPS) is 17.6. The maximum atomic E-state index is 11.4. The third kappa shape index (κ3) is 1.67. The number of aromatic nitrogens is 2. The first-order chi connectivity index (χ1) is 9.13. The Labute approximate surface area is 112 Å². The summed E-state index contributed by atoms with van der Waals surface area (Å²) in [5.41, 5.74) is 3.97. The molecule has 0 N–H and O–H groups in total. The summed E-state index contributed by atoms with van der Waals surface area (Å²) in [4.78, 5) is 13.6. The number of carbonyl (C=O) groups is 1. The molecule has 0 fully saturated rings. The van der Waals surface area contributed by atoms with Gasteiger partial charge in [-0.05, 0) is 31.9 Å². The highest BCUT2D eigenvalue weighted by Crippen LogP contribution is 2.39. The van der Waals surface area contributed by atoms with E-state index in [-0.39, 0.29) is 0 Å². The van der Waals surface area contributed by atoms with Gasteiger partial charge in [0.25, 0.3) is 0 Å². The summed E-state index contributed by atoms with van der Waals surface area (Å²) in [5.74, 6) is 0.893. The Morgan fingerprint density at radius 2 is 2.11 bits per heavy atom. The minimum absolute atomic E-state index is 0.339. The molecule has 98 valence electrons. The molecule has 0 saturated heterocycles. The van der Waals surface area contributed by atoms with Gasteiger partial charge in [0, 0.05) is 18.8 Å². The molecular formula is C15H17N3O. The van der Waals surface area contributed by atoms with Gasteiger partial charge in [0.2, 0.25) is 0 Å². The summed E-state index contributed by atoms with van der Waals surface area (Å²) in [6.07, 6.45) is 1.91. The Morgan fingerprint density at radius 3 is 2.84 bits per heavy atom. The van der Waals surface area contributed by atoms with Gasteiger partial charge in [-0.25, -0.2) is 0 Å². The number of hydrogen-bond acceptors (Lipinski definition) is 3. The smallest absolute Gasteiger partial charge is 0.155 e. The number of nitrogens with zero attached hydrogens (tertiary/aromatic N) is 3. The Bertz CT molecular complexity index is 645. The molecule has 3 rings (SSSR count). The first-order valence-electron chi connectivity index (χ1n) is 6.49. The van der Waals surface area contributed by atoms with Gasteiger partial charge < -0.3 is 4.90 Å². The predicted molar refractivity (Wildman–Crippen MR) is 75.1 cm³/mol. The first kappa shape index (κ1) is 12.0. The number of benzene rings is 1. The molecule has 1 aromatic carbocycles. The van der Waals surface area contributed by atoms with E-state index in [9.17, 15) is 4.79 Å². The molecule has 1 aliphatic heterocycles. The Kier molecular flexibility index (Phi) is 2.66. The van der Waals surface area contributed by atoms with Crippen molar-refractivity contribution in [2.45, 2.75) is 26.3 Å². The summed E-state index contributed by atoms with van der Waals surface area (Å²) < 4.78 is 1.80. The molecule has 0 saturated carbocycles. The lowest BCUT2D eigenvalue weighted by Crippen LogP contribution is -2.26. The van der Waals surface area contributed by atoms with Crippen molar-refractivity contribution in [3.05, 3.63) is 41.1 Å². The molecular weight excluding hydrogens is 238 g/mol. The van der Waals surface area contributed by atoms with Crippen LogP contribution in [0.2, 0.25) is 0 Å². The van der Waals surface area contributed by atoms with Crippen LogP contribution in [0.4, 0.5) is 11.5 Å². The lowest BCUT2D eigenvalue weighted by molar-refractivity contribution is 0.112. The molecule has 19 heavy (non-hydrogen) atoms. The molecule has 0 aliphatic carbocycles. The molecule has 2 aromatic rings. The summed E-state index contributed by atoms with van der Waals surface area (Å²) in [7, 11) is 1.89. The molecule has 0 bridgehead atoms. The highest BCUT2D eigenvalue weighted by Gasteiger charge is 2.31. The van der Waals surface area contributed by atoms with Gasteiger partial charge in [0.1, 0.15) is 5.82 Å². The van der Waals surface area contributed by atoms with Crippen molar-refractivity contribution in [3.63, 3.8) is 0 Å². The van der Waals surface area contributed by atoms with Crippen molar-refractivity contribution < 1.29 is 4.79 Å². The van der Waals surface area contributed by atoms with Gasteiger partial charge in [0.05, 0.1) is 11.3 Å². The topological polar surface area (TPSA) is 38.1 Å². The van der Waals surface area contributed by atoms with Gasteiger partial charge in [-0.1, -0.05) is 18.2 Å². The lowest BCUT2D eigenvalue weighted by Gasteiger charge is -2.25.